The number of rotatable bonds is 8. The van der Waals surface area contributed by atoms with Crippen molar-refractivity contribution in [3.63, 3.8) is 0 Å². The van der Waals surface area contributed by atoms with Crippen LogP contribution in [0.2, 0.25) is 0 Å². The highest BCUT2D eigenvalue weighted by Crippen LogP contribution is 2.37. The molecule has 0 atom stereocenters. The number of hydrogen-bond acceptors (Lipinski definition) is 13. The van der Waals surface area contributed by atoms with Gasteiger partial charge in [0.25, 0.3) is 11.4 Å². The predicted octanol–water partition coefficient (Wildman–Crippen LogP) is 4.02. The Morgan fingerprint density at radius 2 is 0.855 bits per heavy atom. The van der Waals surface area contributed by atoms with Crippen LogP contribution >= 0.6 is 0 Å². The molecule has 4 rings (SSSR count). The van der Waals surface area contributed by atoms with Crippen molar-refractivity contribution in [3.8, 4) is 11.5 Å². The summed E-state index contributed by atoms with van der Waals surface area (Å²) in [5.74, 6) is 0.466. The second kappa shape index (κ2) is 24.6. The van der Waals surface area contributed by atoms with Crippen LogP contribution < -0.4 is 30.7 Å². The Balaban J connectivity index is 0.000000926. The minimum Gasteiger partial charge on any atom is -0.487 e. The molecule has 3 aromatic carbocycles. The molecular formula is C34H44N8O13. The summed E-state index contributed by atoms with van der Waals surface area (Å²) in [5.41, 5.74) is 0.481. The lowest BCUT2D eigenvalue weighted by atomic mass is 10.2. The van der Waals surface area contributed by atoms with Gasteiger partial charge in [-0.05, 0) is 24.3 Å². The first-order valence-corrected chi connectivity index (χ1v) is 16.4. The van der Waals surface area contributed by atoms with Gasteiger partial charge >= 0.3 is 12.1 Å². The van der Waals surface area contributed by atoms with Crippen LogP contribution in [0.4, 0.5) is 43.7 Å². The first-order valence-electron chi connectivity index (χ1n) is 16.4. The van der Waals surface area contributed by atoms with Gasteiger partial charge in [0.15, 0.2) is 11.5 Å². The van der Waals surface area contributed by atoms with Crippen LogP contribution in [0.3, 0.4) is 0 Å². The SMILES string of the molecule is CN(C)C=O.CN(C)C=O.O=C(Nc1ccc([N+](=O)[O-])cc1)Nc1cc2c(cc1NC(=O)Nc1ccc([N+](=O)[O-])cc1)OCCOCCOCCOCCO2. The Kier molecular flexibility index (Phi) is 20.0. The number of anilines is 4. The van der Waals surface area contributed by atoms with Gasteiger partial charge in [0, 0.05) is 76.0 Å². The molecule has 0 radical (unpaired) electrons. The molecule has 0 aromatic heterocycles. The molecule has 21 nitrogen and oxygen atoms in total. The maximum absolute atomic E-state index is 12.9. The number of fused-ring (bicyclic) bond motifs is 1. The van der Waals surface area contributed by atoms with E-state index in [9.17, 15) is 39.4 Å². The van der Waals surface area contributed by atoms with Gasteiger partial charge in [0.05, 0.1) is 60.9 Å². The summed E-state index contributed by atoms with van der Waals surface area (Å²) >= 11 is 0. The van der Waals surface area contributed by atoms with E-state index in [4.69, 9.17) is 23.7 Å². The summed E-state index contributed by atoms with van der Waals surface area (Å²) in [6, 6.07) is 11.9. The zero-order chi connectivity index (χ0) is 40.6. The molecule has 21 heteroatoms. The van der Waals surface area contributed by atoms with Crippen molar-refractivity contribution in [2.75, 3.05) is 102 Å². The number of benzene rings is 3. The van der Waals surface area contributed by atoms with Gasteiger partial charge < -0.3 is 54.8 Å². The number of hydrogen-bond donors (Lipinski definition) is 4. The van der Waals surface area contributed by atoms with Gasteiger partial charge in [-0.25, -0.2) is 9.59 Å². The normalized spacial score (nSPS) is 12.8. The number of nitro benzene ring substituents is 2. The molecule has 3 aromatic rings. The minimum atomic E-state index is -0.725. The lowest BCUT2D eigenvalue weighted by molar-refractivity contribution is -0.385. The van der Waals surface area contributed by atoms with E-state index in [1.807, 2.05) is 0 Å². The summed E-state index contributed by atoms with van der Waals surface area (Å²) in [6.07, 6.45) is 1.50. The van der Waals surface area contributed by atoms with Gasteiger partial charge in [-0.3, -0.25) is 29.8 Å². The molecule has 1 aliphatic heterocycles. The third kappa shape index (κ3) is 18.1. The highest BCUT2D eigenvalue weighted by Gasteiger charge is 2.18. The number of ether oxygens (including phenoxy) is 5. The molecule has 0 unspecified atom stereocenters. The van der Waals surface area contributed by atoms with E-state index in [0.29, 0.717) is 26.4 Å². The van der Waals surface area contributed by atoms with E-state index < -0.39 is 21.9 Å². The van der Waals surface area contributed by atoms with E-state index in [2.05, 4.69) is 21.3 Å². The van der Waals surface area contributed by atoms with Gasteiger partial charge in [-0.15, -0.1) is 0 Å². The fourth-order valence-electron chi connectivity index (χ4n) is 3.86. The van der Waals surface area contributed by atoms with Crippen molar-refractivity contribution in [2.45, 2.75) is 0 Å². The van der Waals surface area contributed by atoms with E-state index >= 15 is 0 Å². The number of urea groups is 2. The maximum atomic E-state index is 12.9. The van der Waals surface area contributed by atoms with Crippen molar-refractivity contribution in [2.24, 2.45) is 0 Å². The topological polar surface area (TPSA) is 255 Å². The number of carbonyl (C=O) groups is 4. The lowest BCUT2D eigenvalue weighted by Crippen LogP contribution is -2.23. The summed E-state index contributed by atoms with van der Waals surface area (Å²) in [7, 11) is 6.75. The Bertz CT molecular complexity index is 1570. The molecule has 6 amide bonds. The predicted molar refractivity (Wildman–Crippen MR) is 201 cm³/mol. The number of carbonyl (C=O) groups excluding carboxylic acids is 4. The van der Waals surface area contributed by atoms with Gasteiger partial charge in [0.2, 0.25) is 12.8 Å². The fraction of sp³-hybridized carbons (Fsp3) is 0.353. The Morgan fingerprint density at radius 3 is 1.13 bits per heavy atom. The molecule has 0 aliphatic carbocycles. The van der Waals surface area contributed by atoms with Crippen LogP contribution in [0.15, 0.2) is 60.7 Å². The number of nitrogens with zero attached hydrogens (tertiary/aromatic N) is 4. The van der Waals surface area contributed by atoms with Crippen molar-refractivity contribution < 1.29 is 52.7 Å². The largest absolute Gasteiger partial charge is 0.487 e. The Labute approximate surface area is 316 Å². The van der Waals surface area contributed by atoms with Crippen molar-refractivity contribution in [3.05, 3.63) is 80.9 Å². The molecule has 0 bridgehead atoms. The molecular weight excluding hydrogens is 728 g/mol. The summed E-state index contributed by atoms with van der Waals surface area (Å²) < 4.78 is 28.2. The summed E-state index contributed by atoms with van der Waals surface area (Å²) in [5, 5.41) is 32.3. The first kappa shape index (κ1) is 44.6. The van der Waals surface area contributed by atoms with Gasteiger partial charge in [-0.2, -0.15) is 0 Å². The lowest BCUT2D eigenvalue weighted by Gasteiger charge is -2.19. The Hall–Kier alpha value is -6.58. The van der Waals surface area contributed by atoms with E-state index in [0.717, 1.165) is 12.8 Å². The molecule has 0 saturated heterocycles. The Morgan fingerprint density at radius 1 is 0.564 bits per heavy atom. The molecule has 1 aliphatic rings. The van der Waals surface area contributed by atoms with Gasteiger partial charge in [-0.1, -0.05) is 0 Å². The van der Waals surface area contributed by atoms with Crippen LogP contribution in [0, 0.1) is 20.2 Å². The van der Waals surface area contributed by atoms with Crippen LogP contribution in [0.5, 0.6) is 11.5 Å². The second-order valence-corrected chi connectivity index (χ2v) is 11.3. The zero-order valence-corrected chi connectivity index (χ0v) is 30.7. The summed E-state index contributed by atoms with van der Waals surface area (Å²) in [6.45, 7) is 2.24. The number of amides is 6. The van der Waals surface area contributed by atoms with Crippen LogP contribution in [-0.4, -0.2) is 126 Å². The third-order valence-corrected chi connectivity index (χ3v) is 6.39. The number of non-ortho nitro benzene ring substituents is 2. The van der Waals surface area contributed by atoms with E-state index in [1.54, 1.807) is 28.2 Å². The first-order chi connectivity index (χ1) is 26.3. The van der Waals surface area contributed by atoms with Crippen LogP contribution in [0.25, 0.3) is 0 Å². The minimum absolute atomic E-state index is 0.110. The van der Waals surface area contributed by atoms with Crippen molar-refractivity contribution in [1.82, 2.24) is 9.80 Å². The molecule has 4 N–H and O–H groups in total. The quantitative estimate of drug-likeness (QED) is 0.144. The van der Waals surface area contributed by atoms with Gasteiger partial charge in [0.1, 0.15) is 13.2 Å². The molecule has 0 saturated carbocycles. The average Bonchev–Trinajstić information content (AvgIpc) is 3.16. The van der Waals surface area contributed by atoms with Crippen molar-refractivity contribution in [1.29, 1.82) is 0 Å². The smallest absolute Gasteiger partial charge is 0.323 e. The third-order valence-electron chi connectivity index (χ3n) is 6.39. The highest BCUT2D eigenvalue weighted by molar-refractivity contribution is 6.06. The van der Waals surface area contributed by atoms with E-state index in [1.165, 1.54) is 70.5 Å². The molecule has 55 heavy (non-hydrogen) atoms. The zero-order valence-electron chi connectivity index (χ0n) is 30.7. The average molecular weight is 773 g/mol. The fourth-order valence-corrected chi connectivity index (χ4v) is 3.86. The summed E-state index contributed by atoms with van der Waals surface area (Å²) in [4.78, 5) is 68.4. The van der Waals surface area contributed by atoms with Crippen LogP contribution in [0.1, 0.15) is 0 Å². The number of nitrogens with one attached hydrogen (secondary N) is 4. The van der Waals surface area contributed by atoms with Crippen molar-refractivity contribution >= 4 is 59.0 Å². The number of nitro groups is 2. The molecule has 0 spiro atoms. The molecule has 0 fully saturated rings. The van der Waals surface area contributed by atoms with E-state index in [-0.39, 0.29) is 72.1 Å². The maximum Gasteiger partial charge on any atom is 0.323 e. The van der Waals surface area contributed by atoms with Crippen LogP contribution in [-0.2, 0) is 23.8 Å². The highest BCUT2D eigenvalue weighted by atomic mass is 16.6. The molecule has 298 valence electrons. The standard InChI is InChI=1S/C28H30N6O11.2C3H7NO/c35-27(29-19-1-5-21(6-2-19)33(37)38)31-23-17-25-26(45-16-14-43-12-10-41-9-11-42-13-15-44-25)18-24(23)32-28(36)30-20-3-7-22(8-4-20)34(39)40;2*1-4(2)3-5/h1-8,17-18H,9-16H2,(H2,29,31,35)(H2,30,32,36);2*3H,1-2H3. The molecule has 1 heterocycles. The second-order valence-electron chi connectivity index (χ2n) is 11.3. The monoisotopic (exact) mass is 772 g/mol.